The predicted molar refractivity (Wildman–Crippen MR) is 83.0 cm³/mol. The highest BCUT2D eigenvalue weighted by atomic mass is 79.9. The van der Waals surface area contributed by atoms with Crippen LogP contribution in [0.25, 0.3) is 0 Å². The van der Waals surface area contributed by atoms with Crippen LogP contribution in [0.4, 0.5) is 0 Å². The third-order valence-electron chi connectivity index (χ3n) is 3.29. The van der Waals surface area contributed by atoms with Gasteiger partial charge in [0.15, 0.2) is 11.6 Å². The van der Waals surface area contributed by atoms with E-state index in [0.717, 1.165) is 0 Å². The molecule has 0 unspecified atom stereocenters. The average Bonchev–Trinajstić information content (AvgIpc) is 2.47. The molecular weight excluding hydrogens is 316 g/mol. The number of carbonyl (C=O) groups excluding carboxylic acids is 2. The van der Waals surface area contributed by atoms with Gasteiger partial charge in [0.1, 0.15) is 0 Å². The first-order valence-corrected chi connectivity index (χ1v) is 7.13. The Balaban J connectivity index is 2.38. The van der Waals surface area contributed by atoms with Gasteiger partial charge in [-0.3, -0.25) is 9.59 Å². The fourth-order valence-corrected chi connectivity index (χ4v) is 2.50. The van der Waals surface area contributed by atoms with Crippen molar-refractivity contribution in [3.8, 4) is 0 Å². The standard InChI is InChI=1S/C17H15BrO2/c1-17(2,15(19)12-8-4-3-5-9-12)16(20)13-10-6-7-11-14(13)18/h3-11H,1-2H3. The number of carbonyl (C=O) groups is 2. The van der Waals surface area contributed by atoms with Crippen molar-refractivity contribution >= 4 is 27.5 Å². The minimum atomic E-state index is -1.09. The van der Waals surface area contributed by atoms with Crippen LogP contribution in [0, 0.1) is 5.41 Å². The summed E-state index contributed by atoms with van der Waals surface area (Å²) >= 11 is 3.36. The SMILES string of the molecule is CC(C)(C(=O)c1ccccc1)C(=O)c1ccccc1Br. The molecule has 0 aliphatic heterocycles. The van der Waals surface area contributed by atoms with E-state index in [1.165, 1.54) is 0 Å². The summed E-state index contributed by atoms with van der Waals surface area (Å²) in [5.41, 5.74) is -0.00900. The first-order valence-electron chi connectivity index (χ1n) is 6.34. The van der Waals surface area contributed by atoms with Crippen molar-refractivity contribution in [3.63, 3.8) is 0 Å². The van der Waals surface area contributed by atoms with Crippen molar-refractivity contribution in [1.29, 1.82) is 0 Å². The number of rotatable bonds is 4. The van der Waals surface area contributed by atoms with E-state index in [-0.39, 0.29) is 11.6 Å². The number of hydrogen-bond donors (Lipinski definition) is 0. The van der Waals surface area contributed by atoms with Crippen LogP contribution in [0.2, 0.25) is 0 Å². The second-order valence-electron chi connectivity index (χ2n) is 5.13. The summed E-state index contributed by atoms with van der Waals surface area (Å²) in [6.45, 7) is 3.34. The molecule has 0 bridgehead atoms. The quantitative estimate of drug-likeness (QED) is 0.609. The second kappa shape index (κ2) is 5.71. The van der Waals surface area contributed by atoms with Crippen LogP contribution >= 0.6 is 15.9 Å². The molecule has 102 valence electrons. The average molecular weight is 331 g/mol. The lowest BCUT2D eigenvalue weighted by Crippen LogP contribution is -2.33. The number of halogens is 1. The van der Waals surface area contributed by atoms with Crippen molar-refractivity contribution in [1.82, 2.24) is 0 Å². The van der Waals surface area contributed by atoms with E-state index in [0.29, 0.717) is 15.6 Å². The molecule has 0 aliphatic rings. The zero-order valence-electron chi connectivity index (χ0n) is 11.4. The third kappa shape index (κ3) is 2.73. The Labute approximate surface area is 127 Å². The lowest BCUT2D eigenvalue weighted by molar-refractivity contribution is 0.0711. The van der Waals surface area contributed by atoms with Crippen molar-refractivity contribution in [2.24, 2.45) is 5.41 Å². The Bertz CT molecular complexity index is 645. The van der Waals surface area contributed by atoms with Gasteiger partial charge in [-0.15, -0.1) is 0 Å². The van der Waals surface area contributed by atoms with Crippen LogP contribution in [-0.4, -0.2) is 11.6 Å². The topological polar surface area (TPSA) is 34.1 Å². The van der Waals surface area contributed by atoms with Gasteiger partial charge in [0.25, 0.3) is 0 Å². The summed E-state index contributed by atoms with van der Waals surface area (Å²) < 4.78 is 0.707. The minimum absolute atomic E-state index is 0.168. The van der Waals surface area contributed by atoms with Crippen LogP contribution in [-0.2, 0) is 0 Å². The maximum absolute atomic E-state index is 12.7. The summed E-state index contributed by atoms with van der Waals surface area (Å²) in [7, 11) is 0. The first kappa shape index (κ1) is 14.7. The van der Waals surface area contributed by atoms with E-state index in [4.69, 9.17) is 0 Å². The van der Waals surface area contributed by atoms with Gasteiger partial charge in [0, 0.05) is 15.6 Å². The fraction of sp³-hybridized carbons (Fsp3) is 0.176. The van der Waals surface area contributed by atoms with Gasteiger partial charge in [0.05, 0.1) is 5.41 Å². The summed E-state index contributed by atoms with van der Waals surface area (Å²) in [5.74, 6) is -0.349. The lowest BCUT2D eigenvalue weighted by Gasteiger charge is -2.22. The van der Waals surface area contributed by atoms with E-state index in [1.54, 1.807) is 56.3 Å². The Morgan fingerprint density at radius 3 is 2.00 bits per heavy atom. The Hall–Kier alpha value is -1.74. The molecule has 0 radical (unpaired) electrons. The molecule has 2 aromatic rings. The van der Waals surface area contributed by atoms with Gasteiger partial charge >= 0.3 is 0 Å². The Kier molecular flexibility index (Phi) is 4.19. The van der Waals surface area contributed by atoms with Gasteiger partial charge in [-0.25, -0.2) is 0 Å². The van der Waals surface area contributed by atoms with Gasteiger partial charge < -0.3 is 0 Å². The van der Waals surface area contributed by atoms with Crippen molar-refractivity contribution < 1.29 is 9.59 Å². The van der Waals surface area contributed by atoms with Crippen molar-refractivity contribution in [2.75, 3.05) is 0 Å². The number of hydrogen-bond acceptors (Lipinski definition) is 2. The van der Waals surface area contributed by atoms with Crippen LogP contribution in [0.5, 0.6) is 0 Å². The predicted octanol–water partition coefficient (Wildman–Crippen LogP) is 4.54. The molecule has 2 rings (SSSR count). The second-order valence-corrected chi connectivity index (χ2v) is 5.98. The number of ketones is 2. The van der Waals surface area contributed by atoms with Gasteiger partial charge in [0.2, 0.25) is 0 Å². The van der Waals surface area contributed by atoms with Gasteiger partial charge in [-0.1, -0.05) is 64.5 Å². The Morgan fingerprint density at radius 1 is 0.850 bits per heavy atom. The van der Waals surface area contributed by atoms with E-state index in [9.17, 15) is 9.59 Å². The molecule has 0 aliphatic carbocycles. The molecule has 0 saturated carbocycles. The van der Waals surface area contributed by atoms with Crippen molar-refractivity contribution in [3.05, 3.63) is 70.2 Å². The molecule has 0 N–H and O–H groups in total. The van der Waals surface area contributed by atoms with E-state index in [2.05, 4.69) is 15.9 Å². The number of Topliss-reactive ketones (excluding diaryl/α,β-unsaturated/α-hetero) is 2. The summed E-state index contributed by atoms with van der Waals surface area (Å²) in [6, 6.07) is 16.1. The van der Waals surface area contributed by atoms with Gasteiger partial charge in [-0.05, 0) is 19.9 Å². The first-order chi connectivity index (χ1) is 9.44. The van der Waals surface area contributed by atoms with Crippen LogP contribution in [0.15, 0.2) is 59.1 Å². The monoisotopic (exact) mass is 330 g/mol. The molecule has 0 spiro atoms. The highest BCUT2D eigenvalue weighted by Crippen LogP contribution is 2.30. The Morgan fingerprint density at radius 2 is 1.40 bits per heavy atom. The molecule has 0 atom stereocenters. The molecule has 20 heavy (non-hydrogen) atoms. The van der Waals surface area contributed by atoms with Crippen LogP contribution in [0.1, 0.15) is 34.6 Å². The van der Waals surface area contributed by atoms with Gasteiger partial charge in [-0.2, -0.15) is 0 Å². The maximum Gasteiger partial charge on any atom is 0.177 e. The third-order valence-corrected chi connectivity index (χ3v) is 3.98. The molecule has 0 saturated heterocycles. The molecule has 2 nitrogen and oxygen atoms in total. The zero-order valence-corrected chi connectivity index (χ0v) is 13.0. The van der Waals surface area contributed by atoms with Crippen molar-refractivity contribution in [2.45, 2.75) is 13.8 Å². The van der Waals surface area contributed by atoms with E-state index in [1.807, 2.05) is 12.1 Å². The maximum atomic E-state index is 12.7. The molecular formula is C17H15BrO2. The number of benzene rings is 2. The molecule has 0 heterocycles. The lowest BCUT2D eigenvalue weighted by atomic mass is 9.78. The smallest absolute Gasteiger partial charge is 0.177 e. The molecule has 2 aromatic carbocycles. The summed E-state index contributed by atoms with van der Waals surface area (Å²) in [5, 5.41) is 0. The summed E-state index contributed by atoms with van der Waals surface area (Å²) in [6.07, 6.45) is 0. The fourth-order valence-electron chi connectivity index (χ4n) is 2.04. The van der Waals surface area contributed by atoms with E-state index >= 15 is 0 Å². The molecule has 0 amide bonds. The van der Waals surface area contributed by atoms with Crippen LogP contribution < -0.4 is 0 Å². The molecule has 0 fully saturated rings. The highest BCUT2D eigenvalue weighted by Gasteiger charge is 2.37. The zero-order chi connectivity index (χ0) is 14.8. The molecule has 3 heteroatoms. The van der Waals surface area contributed by atoms with Crippen LogP contribution in [0.3, 0.4) is 0 Å². The highest BCUT2D eigenvalue weighted by molar-refractivity contribution is 9.10. The summed E-state index contributed by atoms with van der Waals surface area (Å²) in [4.78, 5) is 25.2. The largest absolute Gasteiger partial charge is 0.293 e. The van der Waals surface area contributed by atoms with E-state index < -0.39 is 5.41 Å². The molecule has 0 aromatic heterocycles. The minimum Gasteiger partial charge on any atom is -0.293 e. The normalized spacial score (nSPS) is 11.2.